The Morgan fingerprint density at radius 1 is 0.957 bits per heavy atom. The second-order valence-corrected chi connectivity index (χ2v) is 5.72. The van der Waals surface area contributed by atoms with Crippen molar-refractivity contribution < 1.29 is 4.79 Å². The van der Waals surface area contributed by atoms with Gasteiger partial charge in [-0.05, 0) is 35.5 Å². The summed E-state index contributed by atoms with van der Waals surface area (Å²) in [5.41, 5.74) is 1.42. The average molecular weight is 322 g/mol. The molecule has 114 valence electrons. The van der Waals surface area contributed by atoms with Crippen LogP contribution in [-0.4, -0.2) is 20.9 Å². The van der Waals surface area contributed by atoms with Crippen LogP contribution in [0.1, 0.15) is 16.1 Å². The fourth-order valence-corrected chi connectivity index (χ4v) is 2.65. The molecule has 2 aromatic heterocycles. The van der Waals surface area contributed by atoms with Crippen molar-refractivity contribution in [2.75, 3.05) is 0 Å². The van der Waals surface area contributed by atoms with Crippen LogP contribution in [0.3, 0.4) is 0 Å². The molecule has 0 bridgehead atoms. The summed E-state index contributed by atoms with van der Waals surface area (Å²) in [6.45, 7) is 0.473. The number of benzene rings is 1. The summed E-state index contributed by atoms with van der Waals surface area (Å²) in [7, 11) is 0. The predicted octanol–water partition coefficient (Wildman–Crippen LogP) is 2.95. The molecular weight excluding hydrogens is 308 g/mol. The third-order valence-electron chi connectivity index (χ3n) is 3.01. The largest absolute Gasteiger partial charge is 0.347 e. The third kappa shape index (κ3) is 4.37. The number of rotatable bonds is 5. The molecule has 1 amide bonds. The highest BCUT2D eigenvalue weighted by Gasteiger charge is 2.09. The molecule has 23 heavy (non-hydrogen) atoms. The number of hydrogen-bond acceptors (Lipinski definition) is 5. The second kappa shape index (κ2) is 7.51. The Labute approximate surface area is 138 Å². The Balaban J connectivity index is 1.65. The van der Waals surface area contributed by atoms with Gasteiger partial charge in [0.1, 0.15) is 5.69 Å². The first-order valence-corrected chi connectivity index (χ1v) is 7.86. The van der Waals surface area contributed by atoms with E-state index < -0.39 is 0 Å². The highest BCUT2D eigenvalue weighted by atomic mass is 32.2. The normalized spacial score (nSPS) is 10.3. The number of carbonyl (C=O) groups excluding carboxylic acids is 1. The van der Waals surface area contributed by atoms with Crippen LogP contribution in [0.15, 0.2) is 77.2 Å². The van der Waals surface area contributed by atoms with Crippen LogP contribution in [0, 0.1) is 0 Å². The first-order valence-electron chi connectivity index (χ1n) is 7.04. The maximum absolute atomic E-state index is 12.2. The number of nitrogens with zero attached hydrogens (tertiary/aromatic N) is 3. The topological polar surface area (TPSA) is 67.8 Å². The third-order valence-corrected chi connectivity index (χ3v) is 3.89. The van der Waals surface area contributed by atoms with Crippen LogP contribution in [0.2, 0.25) is 0 Å². The van der Waals surface area contributed by atoms with Crippen molar-refractivity contribution in [1.82, 2.24) is 20.3 Å². The first-order chi connectivity index (χ1) is 11.3. The maximum Gasteiger partial charge on any atom is 0.270 e. The van der Waals surface area contributed by atoms with Crippen LogP contribution in [0.5, 0.6) is 0 Å². The Morgan fingerprint density at radius 2 is 1.74 bits per heavy atom. The van der Waals surface area contributed by atoms with E-state index in [1.165, 1.54) is 11.8 Å². The molecule has 0 atom stereocenters. The van der Waals surface area contributed by atoms with Gasteiger partial charge in [-0.3, -0.25) is 9.78 Å². The van der Waals surface area contributed by atoms with Crippen molar-refractivity contribution in [3.05, 3.63) is 78.4 Å². The molecule has 0 aliphatic heterocycles. The summed E-state index contributed by atoms with van der Waals surface area (Å²) in [5.74, 6) is -0.203. The van der Waals surface area contributed by atoms with E-state index >= 15 is 0 Å². The fourth-order valence-electron chi connectivity index (χ4n) is 1.91. The number of hydrogen-bond donors (Lipinski definition) is 1. The standard InChI is InChI=1S/C17H14N4OS/c22-16(21-12-13-5-2-1-3-6-13)15-11-14(7-10-18-15)23-17-19-8-4-9-20-17/h1-11H,12H2,(H,21,22). The Kier molecular flexibility index (Phi) is 4.95. The van der Waals surface area contributed by atoms with Crippen molar-refractivity contribution in [2.45, 2.75) is 16.6 Å². The lowest BCUT2D eigenvalue weighted by Gasteiger charge is -2.06. The number of carbonyl (C=O) groups is 1. The molecule has 0 saturated carbocycles. The Morgan fingerprint density at radius 3 is 2.52 bits per heavy atom. The lowest BCUT2D eigenvalue weighted by Crippen LogP contribution is -2.23. The van der Waals surface area contributed by atoms with Gasteiger partial charge in [0.15, 0.2) is 5.16 Å². The Hall–Kier alpha value is -2.73. The van der Waals surface area contributed by atoms with Gasteiger partial charge in [0.25, 0.3) is 5.91 Å². The molecular formula is C17H14N4OS. The van der Waals surface area contributed by atoms with Crippen LogP contribution < -0.4 is 5.32 Å². The van der Waals surface area contributed by atoms with E-state index in [4.69, 9.17) is 0 Å². The smallest absolute Gasteiger partial charge is 0.270 e. The summed E-state index contributed by atoms with van der Waals surface area (Å²) in [6, 6.07) is 15.1. The average Bonchev–Trinajstić information content (AvgIpc) is 2.62. The highest BCUT2D eigenvalue weighted by molar-refractivity contribution is 7.99. The lowest BCUT2D eigenvalue weighted by atomic mass is 10.2. The molecule has 0 fully saturated rings. The zero-order valence-corrected chi connectivity index (χ0v) is 13.0. The second-order valence-electron chi connectivity index (χ2n) is 4.68. The number of nitrogens with one attached hydrogen (secondary N) is 1. The summed E-state index contributed by atoms with van der Waals surface area (Å²) in [5, 5.41) is 3.50. The SMILES string of the molecule is O=C(NCc1ccccc1)c1cc(Sc2ncccn2)ccn1. The molecule has 0 aliphatic carbocycles. The zero-order chi connectivity index (χ0) is 15.9. The van der Waals surface area contributed by atoms with Crippen LogP contribution in [-0.2, 0) is 6.54 Å². The number of pyridine rings is 1. The first kappa shape index (κ1) is 15.2. The molecule has 5 nitrogen and oxygen atoms in total. The molecule has 2 heterocycles. The van der Waals surface area contributed by atoms with Gasteiger partial charge in [0.05, 0.1) is 0 Å². The minimum Gasteiger partial charge on any atom is -0.347 e. The minimum atomic E-state index is -0.203. The monoisotopic (exact) mass is 322 g/mol. The summed E-state index contributed by atoms with van der Waals surface area (Å²) in [6.07, 6.45) is 4.98. The molecule has 0 saturated heterocycles. The predicted molar refractivity (Wildman–Crippen MR) is 88.0 cm³/mol. The van der Waals surface area contributed by atoms with Crippen molar-refractivity contribution in [2.24, 2.45) is 0 Å². The summed E-state index contributed by atoms with van der Waals surface area (Å²) < 4.78 is 0. The van der Waals surface area contributed by atoms with Gasteiger partial charge in [0.2, 0.25) is 0 Å². The molecule has 1 N–H and O–H groups in total. The molecule has 0 aliphatic rings. The Bertz CT molecular complexity index is 781. The quantitative estimate of drug-likeness (QED) is 0.732. The minimum absolute atomic E-state index is 0.203. The molecule has 1 aromatic carbocycles. The summed E-state index contributed by atoms with van der Waals surface area (Å²) in [4.78, 5) is 25.5. The summed E-state index contributed by atoms with van der Waals surface area (Å²) >= 11 is 1.39. The molecule has 0 unspecified atom stereocenters. The van der Waals surface area contributed by atoms with Crippen molar-refractivity contribution in [1.29, 1.82) is 0 Å². The van der Waals surface area contributed by atoms with Crippen LogP contribution in [0.25, 0.3) is 0 Å². The molecule has 3 rings (SSSR count). The van der Waals surface area contributed by atoms with E-state index in [0.29, 0.717) is 17.4 Å². The molecule has 6 heteroatoms. The van der Waals surface area contributed by atoms with Gasteiger partial charge < -0.3 is 5.32 Å². The van der Waals surface area contributed by atoms with Crippen LogP contribution >= 0.6 is 11.8 Å². The maximum atomic E-state index is 12.2. The van der Waals surface area contributed by atoms with Gasteiger partial charge in [-0.1, -0.05) is 30.3 Å². The van der Waals surface area contributed by atoms with Gasteiger partial charge >= 0.3 is 0 Å². The van der Waals surface area contributed by atoms with E-state index in [1.54, 1.807) is 30.7 Å². The van der Waals surface area contributed by atoms with Crippen molar-refractivity contribution >= 4 is 17.7 Å². The van der Waals surface area contributed by atoms with Gasteiger partial charge in [-0.25, -0.2) is 9.97 Å². The highest BCUT2D eigenvalue weighted by Crippen LogP contribution is 2.23. The van der Waals surface area contributed by atoms with E-state index in [1.807, 2.05) is 36.4 Å². The van der Waals surface area contributed by atoms with Gasteiger partial charge in [0, 0.05) is 30.0 Å². The van der Waals surface area contributed by atoms with Gasteiger partial charge in [-0.15, -0.1) is 0 Å². The lowest BCUT2D eigenvalue weighted by molar-refractivity contribution is 0.0945. The molecule has 0 spiro atoms. The van der Waals surface area contributed by atoms with E-state index in [-0.39, 0.29) is 5.91 Å². The van der Waals surface area contributed by atoms with E-state index in [2.05, 4.69) is 20.3 Å². The van der Waals surface area contributed by atoms with Crippen LogP contribution in [0.4, 0.5) is 0 Å². The number of aromatic nitrogens is 3. The molecule has 3 aromatic rings. The van der Waals surface area contributed by atoms with E-state index in [0.717, 1.165) is 10.5 Å². The zero-order valence-electron chi connectivity index (χ0n) is 12.2. The number of amides is 1. The van der Waals surface area contributed by atoms with Crippen molar-refractivity contribution in [3.63, 3.8) is 0 Å². The fraction of sp³-hybridized carbons (Fsp3) is 0.0588. The molecule has 0 radical (unpaired) electrons. The van der Waals surface area contributed by atoms with Gasteiger partial charge in [-0.2, -0.15) is 0 Å². The van der Waals surface area contributed by atoms with E-state index in [9.17, 15) is 4.79 Å². The van der Waals surface area contributed by atoms with Crippen molar-refractivity contribution in [3.8, 4) is 0 Å².